The van der Waals surface area contributed by atoms with Crippen LogP contribution in [0.2, 0.25) is 0 Å². The standard InChI is InChI=1S/C19H19F3N4O2/c1-4-25-16-15(17(27)26(5-2)18(25)28)24(3)14(23-16)11-8-12-6-9-13(10-7-12)19(20,21)22/h6-11H,4-5H2,1-3H3/b11-8+. The maximum Gasteiger partial charge on any atom is 0.416 e. The van der Waals surface area contributed by atoms with Crippen LogP contribution in [0.1, 0.15) is 30.8 Å². The molecule has 2 heterocycles. The number of benzene rings is 1. The second-order valence-corrected chi connectivity index (χ2v) is 6.23. The molecule has 0 aliphatic carbocycles. The molecule has 3 rings (SSSR count). The van der Waals surface area contributed by atoms with Gasteiger partial charge < -0.3 is 4.57 Å². The fraction of sp³-hybridized carbons (Fsp3) is 0.316. The monoisotopic (exact) mass is 392 g/mol. The third-order valence-electron chi connectivity index (χ3n) is 4.57. The van der Waals surface area contributed by atoms with E-state index in [1.807, 2.05) is 0 Å². The zero-order valence-corrected chi connectivity index (χ0v) is 15.6. The van der Waals surface area contributed by atoms with Gasteiger partial charge in [-0.15, -0.1) is 0 Å². The van der Waals surface area contributed by atoms with Crippen molar-refractivity contribution in [2.75, 3.05) is 0 Å². The Morgan fingerprint density at radius 3 is 2.14 bits per heavy atom. The minimum absolute atomic E-state index is 0.246. The summed E-state index contributed by atoms with van der Waals surface area (Å²) in [5.41, 5.74) is -0.416. The van der Waals surface area contributed by atoms with Crippen molar-refractivity contribution in [2.45, 2.75) is 33.1 Å². The fourth-order valence-electron chi connectivity index (χ4n) is 3.05. The first-order valence-electron chi connectivity index (χ1n) is 8.74. The Balaban J connectivity index is 2.08. The van der Waals surface area contributed by atoms with Crippen LogP contribution >= 0.6 is 0 Å². The number of alkyl halides is 3. The second kappa shape index (κ2) is 7.14. The highest BCUT2D eigenvalue weighted by molar-refractivity contribution is 5.76. The largest absolute Gasteiger partial charge is 0.416 e. The molecule has 0 bridgehead atoms. The quantitative estimate of drug-likeness (QED) is 0.685. The molecule has 9 heteroatoms. The van der Waals surface area contributed by atoms with Crippen molar-refractivity contribution < 1.29 is 13.2 Å². The highest BCUT2D eigenvalue weighted by Crippen LogP contribution is 2.29. The van der Waals surface area contributed by atoms with E-state index in [4.69, 9.17) is 0 Å². The molecule has 28 heavy (non-hydrogen) atoms. The molecule has 0 spiro atoms. The average molecular weight is 392 g/mol. The van der Waals surface area contributed by atoms with Crippen molar-refractivity contribution in [1.82, 2.24) is 18.7 Å². The third-order valence-corrected chi connectivity index (χ3v) is 4.57. The van der Waals surface area contributed by atoms with Gasteiger partial charge in [-0.25, -0.2) is 9.78 Å². The highest BCUT2D eigenvalue weighted by Gasteiger charge is 2.29. The number of hydrogen-bond donors (Lipinski definition) is 0. The van der Waals surface area contributed by atoms with Crippen molar-refractivity contribution in [2.24, 2.45) is 7.05 Å². The Labute approximate surface area is 158 Å². The van der Waals surface area contributed by atoms with Crippen LogP contribution in [-0.4, -0.2) is 18.7 Å². The van der Waals surface area contributed by atoms with Crippen LogP contribution in [0.15, 0.2) is 33.9 Å². The Bertz CT molecular complexity index is 1170. The van der Waals surface area contributed by atoms with E-state index in [2.05, 4.69) is 4.98 Å². The molecule has 0 saturated heterocycles. The van der Waals surface area contributed by atoms with E-state index in [0.29, 0.717) is 23.4 Å². The van der Waals surface area contributed by atoms with E-state index in [-0.39, 0.29) is 12.2 Å². The molecule has 0 aliphatic rings. The minimum Gasteiger partial charge on any atom is -0.322 e. The second-order valence-electron chi connectivity index (χ2n) is 6.23. The number of aryl methyl sites for hydroxylation is 2. The van der Waals surface area contributed by atoms with Crippen LogP contribution in [0, 0.1) is 0 Å². The van der Waals surface area contributed by atoms with E-state index >= 15 is 0 Å². The zero-order valence-electron chi connectivity index (χ0n) is 15.6. The van der Waals surface area contributed by atoms with Crippen LogP contribution in [-0.2, 0) is 26.3 Å². The molecule has 0 radical (unpaired) electrons. The van der Waals surface area contributed by atoms with Gasteiger partial charge >= 0.3 is 11.9 Å². The van der Waals surface area contributed by atoms with Crippen LogP contribution in [0.3, 0.4) is 0 Å². The van der Waals surface area contributed by atoms with Crippen molar-refractivity contribution in [1.29, 1.82) is 0 Å². The van der Waals surface area contributed by atoms with E-state index in [1.54, 1.807) is 37.6 Å². The predicted molar refractivity (Wildman–Crippen MR) is 101 cm³/mol. The smallest absolute Gasteiger partial charge is 0.322 e. The summed E-state index contributed by atoms with van der Waals surface area (Å²) in [5.74, 6) is 0.419. The molecule has 0 atom stereocenters. The van der Waals surface area contributed by atoms with E-state index in [0.717, 1.165) is 16.7 Å². The van der Waals surface area contributed by atoms with Gasteiger partial charge in [-0.05, 0) is 37.6 Å². The molecule has 1 aromatic carbocycles. The molecule has 0 saturated carbocycles. The molecule has 6 nitrogen and oxygen atoms in total. The van der Waals surface area contributed by atoms with Crippen LogP contribution in [0.4, 0.5) is 13.2 Å². The third kappa shape index (κ3) is 3.28. The van der Waals surface area contributed by atoms with E-state index in [1.165, 1.54) is 16.7 Å². The Kier molecular flexibility index (Phi) is 5.01. The first-order chi connectivity index (χ1) is 13.2. The van der Waals surface area contributed by atoms with E-state index in [9.17, 15) is 22.8 Å². The van der Waals surface area contributed by atoms with Gasteiger partial charge in [0.2, 0.25) is 0 Å². The van der Waals surface area contributed by atoms with Crippen molar-refractivity contribution in [3.63, 3.8) is 0 Å². The maximum atomic E-state index is 12.7. The number of fused-ring (bicyclic) bond motifs is 1. The lowest BCUT2D eigenvalue weighted by molar-refractivity contribution is -0.137. The Hall–Kier alpha value is -3.10. The van der Waals surface area contributed by atoms with Gasteiger partial charge in [0, 0.05) is 20.1 Å². The minimum atomic E-state index is -4.39. The van der Waals surface area contributed by atoms with Crippen molar-refractivity contribution in [3.05, 3.63) is 62.1 Å². The number of nitrogens with zero attached hydrogens (tertiary/aromatic N) is 4. The van der Waals surface area contributed by atoms with Crippen LogP contribution in [0.5, 0.6) is 0 Å². The summed E-state index contributed by atoms with van der Waals surface area (Å²) in [7, 11) is 1.66. The fourth-order valence-corrected chi connectivity index (χ4v) is 3.05. The first kappa shape index (κ1) is 19.7. The Morgan fingerprint density at radius 1 is 1.00 bits per heavy atom. The lowest BCUT2D eigenvalue weighted by Gasteiger charge is -2.08. The maximum absolute atomic E-state index is 12.7. The van der Waals surface area contributed by atoms with Gasteiger partial charge in [0.05, 0.1) is 5.56 Å². The van der Waals surface area contributed by atoms with Gasteiger partial charge in [0.1, 0.15) is 5.82 Å². The van der Waals surface area contributed by atoms with Crippen LogP contribution in [0.25, 0.3) is 23.3 Å². The molecule has 0 N–H and O–H groups in total. The summed E-state index contributed by atoms with van der Waals surface area (Å²) in [6, 6.07) is 4.72. The van der Waals surface area contributed by atoms with Gasteiger partial charge in [0.15, 0.2) is 11.2 Å². The number of aromatic nitrogens is 4. The molecule has 0 unspecified atom stereocenters. The van der Waals surface area contributed by atoms with E-state index < -0.39 is 23.0 Å². The predicted octanol–water partition coefficient (Wildman–Crippen LogP) is 3.13. The SMILES string of the molecule is CCn1c(=O)c2c(nc(/C=C/c3ccc(C(F)(F)F)cc3)n2C)n(CC)c1=O. The lowest BCUT2D eigenvalue weighted by atomic mass is 10.1. The molecule has 0 fully saturated rings. The summed E-state index contributed by atoms with van der Waals surface area (Å²) in [5, 5.41) is 0. The lowest BCUT2D eigenvalue weighted by Crippen LogP contribution is -2.39. The molecule has 2 aromatic heterocycles. The van der Waals surface area contributed by atoms with Gasteiger partial charge in [-0.3, -0.25) is 13.9 Å². The molecular weight excluding hydrogens is 373 g/mol. The first-order valence-corrected chi connectivity index (χ1v) is 8.74. The summed E-state index contributed by atoms with van der Waals surface area (Å²) < 4.78 is 42.1. The molecule has 0 aliphatic heterocycles. The number of imidazole rings is 1. The summed E-state index contributed by atoms with van der Waals surface area (Å²) in [6.07, 6.45) is -1.18. The summed E-state index contributed by atoms with van der Waals surface area (Å²) >= 11 is 0. The van der Waals surface area contributed by atoms with Gasteiger partial charge in [-0.1, -0.05) is 18.2 Å². The zero-order chi connectivity index (χ0) is 20.6. The number of hydrogen-bond acceptors (Lipinski definition) is 3. The normalized spacial score (nSPS) is 12.4. The summed E-state index contributed by atoms with van der Waals surface area (Å²) in [6.45, 7) is 4.11. The van der Waals surface area contributed by atoms with Gasteiger partial charge in [-0.2, -0.15) is 13.2 Å². The number of rotatable bonds is 4. The average Bonchev–Trinajstić information content (AvgIpc) is 2.97. The van der Waals surface area contributed by atoms with Crippen molar-refractivity contribution >= 4 is 23.3 Å². The topological polar surface area (TPSA) is 61.8 Å². The Morgan fingerprint density at radius 2 is 1.61 bits per heavy atom. The van der Waals surface area contributed by atoms with Crippen LogP contribution < -0.4 is 11.2 Å². The highest BCUT2D eigenvalue weighted by atomic mass is 19.4. The molecule has 0 amide bonds. The molecule has 3 aromatic rings. The van der Waals surface area contributed by atoms with Gasteiger partial charge in [0.25, 0.3) is 5.56 Å². The summed E-state index contributed by atoms with van der Waals surface area (Å²) in [4.78, 5) is 29.5. The number of halogens is 3. The van der Waals surface area contributed by atoms with Crippen molar-refractivity contribution in [3.8, 4) is 0 Å². The molecule has 148 valence electrons. The molecular formula is C19H19F3N4O2.